The number of Topliss-reactive ketones (excluding diaryl/α,β-unsaturated/α-hetero) is 1. The van der Waals surface area contributed by atoms with Gasteiger partial charge in [0, 0.05) is 19.0 Å². The van der Waals surface area contributed by atoms with Gasteiger partial charge in [-0.25, -0.2) is 4.79 Å². The molecule has 0 unspecified atom stereocenters. The first-order chi connectivity index (χ1) is 11.0. The Labute approximate surface area is 137 Å². The van der Waals surface area contributed by atoms with E-state index in [1.54, 1.807) is 17.8 Å². The van der Waals surface area contributed by atoms with Crippen LogP contribution < -0.4 is 5.32 Å². The number of carbonyl (C=O) groups is 2. The minimum absolute atomic E-state index is 0.124. The highest BCUT2D eigenvalue weighted by Gasteiger charge is 2.08. The van der Waals surface area contributed by atoms with Crippen molar-refractivity contribution in [3.8, 4) is 0 Å². The molecule has 1 amide bonds. The molecule has 0 aromatic carbocycles. The van der Waals surface area contributed by atoms with Crippen molar-refractivity contribution in [2.75, 3.05) is 6.54 Å². The van der Waals surface area contributed by atoms with Crippen molar-refractivity contribution in [1.82, 2.24) is 20.3 Å². The Morgan fingerprint density at radius 2 is 2.13 bits per heavy atom. The summed E-state index contributed by atoms with van der Waals surface area (Å²) in [5.74, 6) is 0.364. The van der Waals surface area contributed by atoms with Gasteiger partial charge in [0.2, 0.25) is 0 Å². The van der Waals surface area contributed by atoms with Crippen LogP contribution in [0.4, 0.5) is 4.79 Å². The van der Waals surface area contributed by atoms with Gasteiger partial charge in [0.25, 0.3) is 0 Å². The summed E-state index contributed by atoms with van der Waals surface area (Å²) in [5.41, 5.74) is 0.632. The van der Waals surface area contributed by atoms with E-state index in [1.807, 2.05) is 6.92 Å². The number of hydrogen-bond acceptors (Lipinski definition) is 5. The number of rotatable bonds is 11. The molecule has 7 nitrogen and oxygen atoms in total. The second-order valence-corrected chi connectivity index (χ2v) is 5.84. The zero-order valence-electron chi connectivity index (χ0n) is 14.4. The van der Waals surface area contributed by atoms with Gasteiger partial charge in [-0.05, 0) is 26.2 Å². The van der Waals surface area contributed by atoms with E-state index in [-0.39, 0.29) is 18.3 Å². The third-order valence-electron chi connectivity index (χ3n) is 3.71. The Kier molecular flexibility index (Phi) is 8.94. The molecule has 7 heteroatoms. The number of hydrogen-bond donors (Lipinski definition) is 1. The van der Waals surface area contributed by atoms with Crippen LogP contribution in [0.3, 0.4) is 0 Å². The first kappa shape index (κ1) is 19.1. The number of aryl methyl sites for hydroxylation is 1. The van der Waals surface area contributed by atoms with Gasteiger partial charge in [-0.15, -0.1) is 5.10 Å². The molecule has 0 fully saturated rings. The third kappa shape index (κ3) is 8.32. The molecular weight excluding hydrogens is 296 g/mol. The van der Waals surface area contributed by atoms with Crippen LogP contribution in [0.15, 0.2) is 6.20 Å². The van der Waals surface area contributed by atoms with Gasteiger partial charge >= 0.3 is 6.09 Å². The number of unbranched alkanes of at least 4 members (excludes halogenated alkanes) is 2. The van der Waals surface area contributed by atoms with E-state index in [0.29, 0.717) is 12.2 Å². The Morgan fingerprint density at radius 1 is 1.35 bits per heavy atom. The van der Waals surface area contributed by atoms with E-state index < -0.39 is 6.09 Å². The number of nitrogens with one attached hydrogen (secondary N) is 1. The Hall–Kier alpha value is -1.92. The molecule has 0 saturated heterocycles. The summed E-state index contributed by atoms with van der Waals surface area (Å²) in [6.45, 7) is 7.15. The third-order valence-corrected chi connectivity index (χ3v) is 3.71. The SMILES string of the molecule is CCCCNC(=O)OCc1cn(CCCC[C@H](C)C(C)=O)nn1. The van der Waals surface area contributed by atoms with Crippen LogP contribution in [0.2, 0.25) is 0 Å². The molecular formula is C16H28N4O3. The van der Waals surface area contributed by atoms with E-state index >= 15 is 0 Å². The zero-order chi connectivity index (χ0) is 17.1. The van der Waals surface area contributed by atoms with Gasteiger partial charge in [0.15, 0.2) is 0 Å². The lowest BCUT2D eigenvalue weighted by Crippen LogP contribution is -2.25. The molecule has 0 radical (unpaired) electrons. The van der Waals surface area contributed by atoms with Gasteiger partial charge in [0.1, 0.15) is 18.1 Å². The van der Waals surface area contributed by atoms with Gasteiger partial charge in [0.05, 0.1) is 6.20 Å². The Balaban J connectivity index is 2.19. The predicted octanol–water partition coefficient (Wildman–Crippen LogP) is 2.70. The standard InChI is InChI=1S/C16H28N4O3/c1-4-5-9-17-16(22)23-12-15-11-20(19-18-15)10-7-6-8-13(2)14(3)21/h11,13H,4-10,12H2,1-3H3,(H,17,22)/t13-/m0/s1. The second-order valence-electron chi connectivity index (χ2n) is 5.84. The highest BCUT2D eigenvalue weighted by Crippen LogP contribution is 2.09. The van der Waals surface area contributed by atoms with Crippen LogP contribution in [0.5, 0.6) is 0 Å². The van der Waals surface area contributed by atoms with Crippen molar-refractivity contribution < 1.29 is 14.3 Å². The molecule has 1 N–H and O–H groups in total. The second kappa shape index (κ2) is 10.7. The molecule has 0 saturated carbocycles. The monoisotopic (exact) mass is 324 g/mol. The van der Waals surface area contributed by atoms with Gasteiger partial charge in [-0.1, -0.05) is 31.9 Å². The lowest BCUT2D eigenvalue weighted by atomic mass is 10.0. The molecule has 0 spiro atoms. The summed E-state index contributed by atoms with van der Waals surface area (Å²) in [5, 5.41) is 10.7. The van der Waals surface area contributed by atoms with E-state index in [9.17, 15) is 9.59 Å². The van der Waals surface area contributed by atoms with Crippen LogP contribution in [-0.4, -0.2) is 33.4 Å². The minimum Gasteiger partial charge on any atom is -0.443 e. The van der Waals surface area contributed by atoms with E-state index in [4.69, 9.17) is 4.74 Å². The fourth-order valence-corrected chi connectivity index (χ4v) is 2.00. The van der Waals surface area contributed by atoms with Crippen LogP contribution in [-0.2, 0) is 22.7 Å². The van der Waals surface area contributed by atoms with Gasteiger partial charge < -0.3 is 10.1 Å². The molecule has 0 aliphatic carbocycles. The number of ketones is 1. The van der Waals surface area contributed by atoms with Crippen LogP contribution in [0.1, 0.15) is 58.6 Å². The van der Waals surface area contributed by atoms with Crippen molar-refractivity contribution in [3.05, 3.63) is 11.9 Å². The molecule has 130 valence electrons. The van der Waals surface area contributed by atoms with Crippen molar-refractivity contribution in [2.24, 2.45) is 5.92 Å². The summed E-state index contributed by atoms with van der Waals surface area (Å²) >= 11 is 0. The first-order valence-electron chi connectivity index (χ1n) is 8.33. The van der Waals surface area contributed by atoms with E-state index in [2.05, 4.69) is 22.6 Å². The quantitative estimate of drug-likeness (QED) is 0.632. The molecule has 23 heavy (non-hydrogen) atoms. The molecule has 0 bridgehead atoms. The van der Waals surface area contributed by atoms with Crippen molar-refractivity contribution >= 4 is 11.9 Å². The number of amides is 1. The highest BCUT2D eigenvalue weighted by molar-refractivity contribution is 5.77. The Morgan fingerprint density at radius 3 is 2.83 bits per heavy atom. The number of alkyl carbamates (subject to hydrolysis) is 1. The number of nitrogens with zero attached hydrogens (tertiary/aromatic N) is 3. The average molecular weight is 324 g/mol. The summed E-state index contributed by atoms with van der Waals surface area (Å²) in [7, 11) is 0. The minimum atomic E-state index is -0.425. The highest BCUT2D eigenvalue weighted by atomic mass is 16.5. The van der Waals surface area contributed by atoms with Crippen molar-refractivity contribution in [1.29, 1.82) is 0 Å². The number of carbonyl (C=O) groups excluding carboxylic acids is 2. The fraction of sp³-hybridized carbons (Fsp3) is 0.750. The van der Waals surface area contributed by atoms with Gasteiger partial charge in [-0.2, -0.15) is 0 Å². The Bertz CT molecular complexity index is 487. The smallest absolute Gasteiger partial charge is 0.407 e. The fourth-order valence-electron chi connectivity index (χ4n) is 2.00. The van der Waals surface area contributed by atoms with E-state index in [1.165, 1.54) is 0 Å². The molecule has 1 rings (SSSR count). The van der Waals surface area contributed by atoms with E-state index in [0.717, 1.165) is 38.6 Å². The summed E-state index contributed by atoms with van der Waals surface area (Å²) < 4.78 is 6.81. The molecule has 1 aromatic heterocycles. The lowest BCUT2D eigenvalue weighted by Gasteiger charge is -2.06. The topological polar surface area (TPSA) is 86.1 Å². The molecule has 1 heterocycles. The van der Waals surface area contributed by atoms with Crippen LogP contribution >= 0.6 is 0 Å². The van der Waals surface area contributed by atoms with Crippen molar-refractivity contribution in [2.45, 2.75) is 66.0 Å². The maximum atomic E-state index is 11.4. The number of ether oxygens (including phenoxy) is 1. The molecule has 1 atom stereocenters. The first-order valence-corrected chi connectivity index (χ1v) is 8.33. The normalized spacial score (nSPS) is 12.0. The average Bonchev–Trinajstić information content (AvgIpc) is 2.97. The molecule has 0 aliphatic heterocycles. The van der Waals surface area contributed by atoms with Crippen molar-refractivity contribution in [3.63, 3.8) is 0 Å². The number of aromatic nitrogens is 3. The summed E-state index contributed by atoms with van der Waals surface area (Å²) in [6, 6.07) is 0. The summed E-state index contributed by atoms with van der Waals surface area (Å²) in [6.07, 6.45) is 6.15. The maximum Gasteiger partial charge on any atom is 0.407 e. The molecule has 0 aliphatic rings. The van der Waals surface area contributed by atoms with Gasteiger partial charge in [-0.3, -0.25) is 9.48 Å². The zero-order valence-corrected chi connectivity index (χ0v) is 14.4. The molecule has 1 aromatic rings. The summed E-state index contributed by atoms with van der Waals surface area (Å²) in [4.78, 5) is 22.6. The van der Waals surface area contributed by atoms with Crippen LogP contribution in [0.25, 0.3) is 0 Å². The van der Waals surface area contributed by atoms with Crippen LogP contribution in [0, 0.1) is 5.92 Å². The maximum absolute atomic E-state index is 11.4. The largest absolute Gasteiger partial charge is 0.443 e. The predicted molar refractivity (Wildman–Crippen MR) is 86.8 cm³/mol. The lowest BCUT2D eigenvalue weighted by molar-refractivity contribution is -0.120.